The molecule has 72 valence electrons. The molecule has 0 bridgehead atoms. The Labute approximate surface area is 81.8 Å². The van der Waals surface area contributed by atoms with Crippen LogP contribution >= 0.6 is 23.5 Å². The minimum atomic E-state index is -0.470. The molecule has 2 N–H and O–H groups in total. The van der Waals surface area contributed by atoms with Crippen molar-refractivity contribution in [2.45, 2.75) is 13.0 Å². The number of ether oxygens (including phenoxy) is 1. The van der Waals surface area contributed by atoms with E-state index >= 15 is 0 Å². The Kier molecular flexibility index (Phi) is 7.85. The molecule has 1 atom stereocenters. The van der Waals surface area contributed by atoms with Crippen molar-refractivity contribution >= 4 is 29.5 Å². The molecule has 0 fully saturated rings. The molecule has 0 amide bonds. The molecule has 0 spiro atoms. The van der Waals surface area contributed by atoms with Crippen molar-refractivity contribution in [3.63, 3.8) is 0 Å². The summed E-state index contributed by atoms with van der Waals surface area (Å²) in [5, 5.41) is 0.965. The van der Waals surface area contributed by atoms with Crippen molar-refractivity contribution in [2.75, 3.05) is 23.7 Å². The molecule has 3 nitrogen and oxygen atoms in total. The third kappa shape index (κ3) is 5.74. The fourth-order valence-electron chi connectivity index (χ4n) is 0.576. The van der Waals surface area contributed by atoms with Crippen molar-refractivity contribution in [1.29, 1.82) is 0 Å². The lowest BCUT2D eigenvalue weighted by Gasteiger charge is -2.08. The summed E-state index contributed by atoms with van der Waals surface area (Å²) >= 11 is 3.38. The van der Waals surface area contributed by atoms with E-state index in [-0.39, 0.29) is 5.97 Å². The number of hydrogen-bond acceptors (Lipinski definition) is 5. The van der Waals surface area contributed by atoms with Gasteiger partial charge in [0, 0.05) is 10.8 Å². The molecule has 0 aromatic heterocycles. The van der Waals surface area contributed by atoms with Gasteiger partial charge in [0.05, 0.1) is 6.61 Å². The Morgan fingerprint density at radius 3 is 2.83 bits per heavy atom. The summed E-state index contributed by atoms with van der Waals surface area (Å²) in [6.45, 7) is 2.18. The molecule has 0 aliphatic carbocycles. The summed E-state index contributed by atoms with van der Waals surface area (Å²) in [6.07, 6.45) is 2.02. The number of rotatable bonds is 6. The summed E-state index contributed by atoms with van der Waals surface area (Å²) < 4.78 is 4.75. The maximum absolute atomic E-state index is 11.0. The van der Waals surface area contributed by atoms with Crippen LogP contribution in [0.5, 0.6) is 0 Å². The molecule has 0 aliphatic heterocycles. The first-order chi connectivity index (χ1) is 5.72. The second kappa shape index (κ2) is 7.76. The predicted octanol–water partition coefficient (Wildman–Crippen LogP) is 0.931. The van der Waals surface area contributed by atoms with Gasteiger partial charge in [-0.2, -0.15) is 11.8 Å². The van der Waals surface area contributed by atoms with E-state index in [9.17, 15) is 4.79 Å². The van der Waals surface area contributed by atoms with Gasteiger partial charge in [-0.25, -0.2) is 0 Å². The van der Waals surface area contributed by atoms with Gasteiger partial charge in [-0.1, -0.05) is 0 Å². The Morgan fingerprint density at radius 1 is 1.67 bits per heavy atom. The molecule has 0 radical (unpaired) electrons. The molecule has 0 aliphatic rings. The van der Waals surface area contributed by atoms with Gasteiger partial charge < -0.3 is 10.5 Å². The van der Waals surface area contributed by atoms with E-state index in [1.165, 1.54) is 0 Å². The predicted molar refractivity (Wildman–Crippen MR) is 55.4 cm³/mol. The van der Waals surface area contributed by atoms with Crippen LogP contribution in [0.4, 0.5) is 0 Å². The second-order valence-corrected chi connectivity index (χ2v) is 4.40. The third-order valence-electron chi connectivity index (χ3n) is 1.09. The van der Waals surface area contributed by atoms with Gasteiger partial charge in [-0.15, -0.1) is 11.8 Å². The maximum Gasteiger partial charge on any atom is 0.323 e. The van der Waals surface area contributed by atoms with Crippen molar-refractivity contribution in [3.8, 4) is 0 Å². The molecule has 0 unspecified atom stereocenters. The zero-order valence-electron chi connectivity index (χ0n) is 7.41. The summed E-state index contributed by atoms with van der Waals surface area (Å²) in [6, 6.07) is -0.470. The van der Waals surface area contributed by atoms with Crippen LogP contribution in [-0.4, -0.2) is 35.7 Å². The third-order valence-corrected chi connectivity index (χ3v) is 3.29. The molecule has 0 saturated carbocycles. The molecule has 0 saturated heterocycles. The highest BCUT2D eigenvalue weighted by Gasteiger charge is 2.13. The lowest BCUT2D eigenvalue weighted by molar-refractivity contribution is -0.144. The largest absolute Gasteiger partial charge is 0.465 e. The quantitative estimate of drug-likeness (QED) is 0.401. The van der Waals surface area contributed by atoms with Crippen LogP contribution in [0.1, 0.15) is 6.92 Å². The second-order valence-electron chi connectivity index (χ2n) is 2.14. The van der Waals surface area contributed by atoms with Gasteiger partial charge >= 0.3 is 5.97 Å². The monoisotopic (exact) mass is 209 g/mol. The molecular weight excluding hydrogens is 194 g/mol. The van der Waals surface area contributed by atoms with Crippen LogP contribution in [0.2, 0.25) is 0 Å². The van der Waals surface area contributed by atoms with Crippen molar-refractivity contribution < 1.29 is 9.53 Å². The van der Waals surface area contributed by atoms with E-state index in [1.807, 2.05) is 6.26 Å². The van der Waals surface area contributed by atoms with Crippen LogP contribution < -0.4 is 5.73 Å². The Morgan fingerprint density at radius 2 is 2.33 bits per heavy atom. The number of carbonyl (C=O) groups excluding carboxylic acids is 1. The van der Waals surface area contributed by atoms with E-state index in [4.69, 9.17) is 10.5 Å². The number of nitrogens with two attached hydrogens (primary N) is 1. The average Bonchev–Trinajstić information content (AvgIpc) is 2.05. The first-order valence-corrected chi connectivity index (χ1v) is 6.26. The molecule has 0 aromatic rings. The smallest absolute Gasteiger partial charge is 0.323 e. The Balaban J connectivity index is 3.42. The maximum atomic E-state index is 11.0. The highest BCUT2D eigenvalue weighted by molar-refractivity contribution is 8.15. The van der Waals surface area contributed by atoms with Gasteiger partial charge in [0.1, 0.15) is 6.04 Å². The molecule has 0 aromatic carbocycles. The fraction of sp³-hybridized carbons (Fsp3) is 0.857. The zero-order chi connectivity index (χ0) is 9.40. The van der Waals surface area contributed by atoms with Gasteiger partial charge in [-0.05, 0) is 13.2 Å². The zero-order valence-corrected chi connectivity index (χ0v) is 9.04. The van der Waals surface area contributed by atoms with Crippen LogP contribution in [0.25, 0.3) is 0 Å². The highest BCUT2D eigenvalue weighted by atomic mass is 32.2. The lowest BCUT2D eigenvalue weighted by atomic mass is 10.4. The van der Waals surface area contributed by atoms with E-state index in [0.29, 0.717) is 12.4 Å². The highest BCUT2D eigenvalue weighted by Crippen LogP contribution is 2.09. The van der Waals surface area contributed by atoms with E-state index in [1.54, 1.807) is 30.4 Å². The Bertz CT molecular complexity index is 133. The summed E-state index contributed by atoms with van der Waals surface area (Å²) in [4.78, 5) is 11.0. The number of carbonyl (C=O) groups is 1. The summed E-state index contributed by atoms with van der Waals surface area (Å²) in [7, 11) is 0. The minimum Gasteiger partial charge on any atom is -0.465 e. The lowest BCUT2D eigenvalue weighted by Crippen LogP contribution is -2.34. The molecule has 12 heavy (non-hydrogen) atoms. The van der Waals surface area contributed by atoms with Crippen LogP contribution in [-0.2, 0) is 9.53 Å². The van der Waals surface area contributed by atoms with E-state index in [0.717, 1.165) is 5.08 Å². The van der Waals surface area contributed by atoms with Crippen LogP contribution in [0, 0.1) is 0 Å². The topological polar surface area (TPSA) is 52.3 Å². The average molecular weight is 209 g/mol. The minimum absolute atomic E-state index is 0.300. The van der Waals surface area contributed by atoms with E-state index in [2.05, 4.69) is 0 Å². The Hall–Kier alpha value is 0.130. The van der Waals surface area contributed by atoms with Crippen LogP contribution in [0.15, 0.2) is 0 Å². The molecule has 0 heterocycles. The van der Waals surface area contributed by atoms with Gasteiger partial charge in [0.2, 0.25) is 0 Å². The summed E-state index contributed by atoms with van der Waals surface area (Å²) in [5.41, 5.74) is 5.54. The number of esters is 1. The van der Waals surface area contributed by atoms with Gasteiger partial charge in [0.15, 0.2) is 0 Å². The normalized spacial score (nSPS) is 12.6. The van der Waals surface area contributed by atoms with Crippen LogP contribution in [0.3, 0.4) is 0 Å². The first kappa shape index (κ1) is 12.1. The SMILES string of the molecule is CCOC(=O)[C@H](N)CSCSC. The summed E-state index contributed by atoms with van der Waals surface area (Å²) in [5.74, 6) is 0.339. The fourth-order valence-corrected chi connectivity index (χ4v) is 2.02. The van der Waals surface area contributed by atoms with Crippen molar-refractivity contribution in [2.24, 2.45) is 5.73 Å². The first-order valence-electron chi connectivity index (χ1n) is 3.71. The van der Waals surface area contributed by atoms with Gasteiger partial charge in [0.25, 0.3) is 0 Å². The molecule has 0 rings (SSSR count). The van der Waals surface area contributed by atoms with E-state index < -0.39 is 6.04 Å². The standard InChI is InChI=1S/C7H15NO2S2/c1-3-10-7(9)6(8)4-12-5-11-2/h6H,3-5,8H2,1-2H3/t6-/m1/s1. The number of thioether (sulfide) groups is 2. The molecule has 5 heteroatoms. The number of hydrogen-bond donors (Lipinski definition) is 1. The molecular formula is C7H15NO2S2. The van der Waals surface area contributed by atoms with Gasteiger partial charge in [-0.3, -0.25) is 4.79 Å². The van der Waals surface area contributed by atoms with Crippen molar-refractivity contribution in [3.05, 3.63) is 0 Å². The van der Waals surface area contributed by atoms with Crippen molar-refractivity contribution in [1.82, 2.24) is 0 Å².